The van der Waals surface area contributed by atoms with E-state index in [9.17, 15) is 40.7 Å². The Morgan fingerprint density at radius 3 is 1.80 bits per heavy atom. The molecule has 2 amide bonds. The third kappa shape index (κ3) is 9.08. The molecule has 0 atom stereocenters. The molecule has 0 bridgehead atoms. The number of benzene rings is 2. The number of ether oxygens (including phenoxy) is 1. The van der Waals surface area contributed by atoms with Gasteiger partial charge in [0.05, 0.1) is 67.4 Å². The van der Waals surface area contributed by atoms with Crippen LogP contribution in [0.5, 0.6) is 5.75 Å². The first kappa shape index (κ1) is 40.5. The minimum atomic E-state index is -4.73. The predicted molar refractivity (Wildman–Crippen MR) is 209 cm³/mol. The van der Waals surface area contributed by atoms with Crippen LogP contribution in [0.3, 0.4) is 0 Å². The molecule has 0 saturated carbocycles. The van der Waals surface area contributed by atoms with E-state index in [4.69, 9.17) is 13.6 Å². The molecule has 0 aliphatic carbocycles. The van der Waals surface area contributed by atoms with Crippen LogP contribution in [-0.2, 0) is 25.4 Å². The molecule has 0 unspecified atom stereocenters. The molecule has 0 radical (unpaired) electrons. The van der Waals surface area contributed by atoms with E-state index < -0.39 is 46.2 Å². The lowest BCUT2D eigenvalue weighted by molar-refractivity contribution is -0.137. The number of nitrogens with one attached hydrogen (secondary N) is 3. The highest BCUT2D eigenvalue weighted by Gasteiger charge is 2.36. The van der Waals surface area contributed by atoms with Gasteiger partial charge in [0.25, 0.3) is 11.8 Å². The van der Waals surface area contributed by atoms with Crippen LogP contribution in [0, 0.1) is 0 Å². The Kier molecular flexibility index (Phi) is 11.5. The van der Waals surface area contributed by atoms with Crippen LogP contribution >= 0.6 is 22.7 Å². The normalized spacial score (nSPS) is 11.6. The minimum Gasteiger partial charge on any atom is -0.496 e. The van der Waals surface area contributed by atoms with Gasteiger partial charge in [0, 0.05) is 43.8 Å². The standard InChI is InChI=1S/C21H15F3N2O3S.C20H13F3N2O3S/c1-28-18-9-17(20(27)25-10-14-3-2-6-30-14)26-19-15(18)7-13(12-4-5-29-11-12)8-16(19)21(22,23)24;21-20(22,23)15-7-12(11-3-4-28-10-11)6-14-17(26)8-16(25-18(14)15)19(27)24-9-13-2-1-5-29-13/h2-9,11H,10H2,1H3,(H,25,27);1-8,10H,9H2,(H,24,27)(H,25,26). The van der Waals surface area contributed by atoms with Gasteiger partial charge >= 0.3 is 12.4 Å². The number of rotatable bonds is 9. The van der Waals surface area contributed by atoms with Crippen molar-refractivity contribution in [3.8, 4) is 28.0 Å². The zero-order valence-electron chi connectivity index (χ0n) is 30.3. The van der Waals surface area contributed by atoms with Gasteiger partial charge in [-0.05, 0) is 70.4 Å². The monoisotopic (exact) mass is 850 g/mol. The van der Waals surface area contributed by atoms with Gasteiger partial charge in [-0.3, -0.25) is 14.4 Å². The number of aromatic amines is 1. The van der Waals surface area contributed by atoms with E-state index in [1.54, 1.807) is 6.07 Å². The second kappa shape index (κ2) is 16.7. The summed E-state index contributed by atoms with van der Waals surface area (Å²) < 4.78 is 97.8. The van der Waals surface area contributed by atoms with Crippen LogP contribution in [0.4, 0.5) is 26.3 Å². The first-order valence-electron chi connectivity index (χ1n) is 17.2. The number of nitrogens with zero attached hydrogens (tertiary/aromatic N) is 1. The first-order valence-corrected chi connectivity index (χ1v) is 19.0. The highest BCUT2D eigenvalue weighted by atomic mass is 32.1. The molecule has 0 aliphatic heterocycles. The highest BCUT2D eigenvalue weighted by molar-refractivity contribution is 7.10. The number of thiophene rings is 2. The summed E-state index contributed by atoms with van der Waals surface area (Å²) in [5, 5.41) is 8.96. The fourth-order valence-corrected chi connectivity index (χ4v) is 7.32. The summed E-state index contributed by atoms with van der Waals surface area (Å²) in [5.74, 6) is -1.13. The van der Waals surface area contributed by atoms with Crippen LogP contribution in [0.25, 0.3) is 44.1 Å². The number of pyridine rings is 2. The Bertz CT molecular complexity index is 2800. The lowest BCUT2D eigenvalue weighted by Gasteiger charge is -2.15. The van der Waals surface area contributed by atoms with Crippen molar-refractivity contribution in [3.05, 3.63) is 151 Å². The molecule has 0 spiro atoms. The smallest absolute Gasteiger partial charge is 0.418 e. The molecule has 6 heterocycles. The summed E-state index contributed by atoms with van der Waals surface area (Å²) in [6.45, 7) is 0.464. The maximum atomic E-state index is 13.8. The van der Waals surface area contributed by atoms with E-state index in [2.05, 4.69) is 20.6 Å². The molecule has 8 rings (SSSR count). The van der Waals surface area contributed by atoms with Gasteiger partial charge in [-0.1, -0.05) is 12.1 Å². The summed E-state index contributed by atoms with van der Waals surface area (Å²) in [4.78, 5) is 45.8. The SMILES string of the molecule is COc1cc(C(=O)NCc2cccs2)nc2c(C(F)(F)F)cc(-c3ccoc3)cc12.O=C(NCc1cccs1)c1cc(=O)c2cc(-c3ccoc3)cc(C(F)(F)F)c2[nH]1. The molecule has 302 valence electrons. The van der Waals surface area contributed by atoms with Gasteiger partial charge in [-0.2, -0.15) is 26.3 Å². The Hall–Kier alpha value is -6.66. The Balaban J connectivity index is 0.000000179. The molecule has 3 N–H and O–H groups in total. The Morgan fingerprint density at radius 1 is 0.729 bits per heavy atom. The van der Waals surface area contributed by atoms with Gasteiger partial charge in [0.15, 0.2) is 5.43 Å². The van der Waals surface area contributed by atoms with Crippen molar-refractivity contribution in [2.75, 3.05) is 7.11 Å². The minimum absolute atomic E-state index is 0.122. The third-order valence-electron chi connectivity index (χ3n) is 8.84. The predicted octanol–water partition coefficient (Wildman–Crippen LogP) is 10.3. The van der Waals surface area contributed by atoms with Gasteiger partial charge in [0.1, 0.15) is 17.1 Å². The number of aromatic nitrogens is 2. The number of furan rings is 2. The largest absolute Gasteiger partial charge is 0.496 e. The van der Waals surface area contributed by atoms with Crippen molar-refractivity contribution in [2.45, 2.75) is 25.4 Å². The number of halogens is 6. The molecule has 8 aromatic rings. The Morgan fingerprint density at radius 2 is 1.29 bits per heavy atom. The van der Waals surface area contributed by atoms with Crippen LogP contribution in [0.1, 0.15) is 41.9 Å². The number of hydrogen-bond acceptors (Lipinski definition) is 9. The molecule has 0 saturated heterocycles. The first-order chi connectivity index (χ1) is 28.2. The molecule has 6 aromatic heterocycles. The number of alkyl halides is 6. The second-order valence-electron chi connectivity index (χ2n) is 12.7. The van der Waals surface area contributed by atoms with Crippen LogP contribution in [0.2, 0.25) is 0 Å². The molecule has 0 fully saturated rings. The summed E-state index contributed by atoms with van der Waals surface area (Å²) >= 11 is 2.89. The van der Waals surface area contributed by atoms with Crippen molar-refractivity contribution in [1.82, 2.24) is 20.6 Å². The van der Waals surface area contributed by atoms with Gasteiger partial charge in [-0.25, -0.2) is 4.98 Å². The fourth-order valence-electron chi connectivity index (χ4n) is 6.03. The van der Waals surface area contributed by atoms with E-state index in [-0.39, 0.29) is 52.1 Å². The maximum Gasteiger partial charge on any atom is 0.418 e. The quantitative estimate of drug-likeness (QED) is 0.123. The molecular formula is C41H28F6N4O6S2. The molecular weight excluding hydrogens is 823 g/mol. The molecule has 59 heavy (non-hydrogen) atoms. The lowest BCUT2D eigenvalue weighted by atomic mass is 10.00. The van der Waals surface area contributed by atoms with Crippen molar-refractivity contribution >= 4 is 56.3 Å². The number of hydrogen-bond donors (Lipinski definition) is 3. The summed E-state index contributed by atoms with van der Waals surface area (Å²) in [7, 11) is 1.33. The maximum absolute atomic E-state index is 13.8. The van der Waals surface area contributed by atoms with Crippen LogP contribution in [-0.4, -0.2) is 28.9 Å². The number of methoxy groups -OCH3 is 1. The zero-order valence-corrected chi connectivity index (χ0v) is 31.9. The van der Waals surface area contributed by atoms with Crippen LogP contribution < -0.4 is 20.8 Å². The van der Waals surface area contributed by atoms with E-state index in [1.165, 1.54) is 79.1 Å². The van der Waals surface area contributed by atoms with Gasteiger partial charge < -0.3 is 29.2 Å². The topological polar surface area (TPSA) is 139 Å². The Labute approximate surface area is 337 Å². The van der Waals surface area contributed by atoms with Crippen molar-refractivity contribution in [2.24, 2.45) is 0 Å². The van der Waals surface area contributed by atoms with E-state index in [0.717, 1.165) is 28.0 Å². The number of fused-ring (bicyclic) bond motifs is 2. The summed E-state index contributed by atoms with van der Waals surface area (Å²) in [6.07, 6.45) is -4.05. The van der Waals surface area contributed by atoms with Gasteiger partial charge in [0.2, 0.25) is 0 Å². The average Bonchev–Trinajstić information content (AvgIpc) is 4.06. The van der Waals surface area contributed by atoms with E-state index in [0.29, 0.717) is 16.7 Å². The number of carbonyl (C=O) groups is 2. The van der Waals surface area contributed by atoms with Crippen molar-refractivity contribution < 1.29 is 49.5 Å². The molecule has 10 nitrogen and oxygen atoms in total. The van der Waals surface area contributed by atoms with E-state index in [1.807, 2.05) is 35.0 Å². The van der Waals surface area contributed by atoms with Crippen molar-refractivity contribution in [3.63, 3.8) is 0 Å². The lowest BCUT2D eigenvalue weighted by Crippen LogP contribution is -2.25. The number of amides is 2. The van der Waals surface area contributed by atoms with Gasteiger partial charge in [-0.15, -0.1) is 22.7 Å². The summed E-state index contributed by atoms with van der Waals surface area (Å²) in [6, 6.07) is 17.5. The molecule has 0 aliphatic rings. The number of carbonyl (C=O) groups excluding carboxylic acids is 2. The van der Waals surface area contributed by atoms with Crippen LogP contribution in [0.15, 0.2) is 122 Å². The second-order valence-corrected chi connectivity index (χ2v) is 14.7. The third-order valence-corrected chi connectivity index (χ3v) is 10.6. The van der Waals surface area contributed by atoms with Crippen molar-refractivity contribution in [1.29, 1.82) is 0 Å². The summed E-state index contributed by atoms with van der Waals surface area (Å²) in [5.41, 5.74) is -2.45. The van der Waals surface area contributed by atoms with E-state index >= 15 is 0 Å². The number of H-pyrrole nitrogens is 1. The average molecular weight is 851 g/mol. The zero-order chi connectivity index (χ0) is 41.9. The molecule has 2 aromatic carbocycles. The molecule has 18 heteroatoms. The highest BCUT2D eigenvalue weighted by Crippen LogP contribution is 2.41. The fraction of sp³-hybridized carbons (Fsp3) is 0.122.